The number of nitrogens with zero attached hydrogens (tertiary/aromatic N) is 6. The highest BCUT2D eigenvalue weighted by Gasteiger charge is 2.24. The van der Waals surface area contributed by atoms with E-state index in [0.717, 1.165) is 28.8 Å². The van der Waals surface area contributed by atoms with Gasteiger partial charge < -0.3 is 30.9 Å². The maximum Gasteiger partial charge on any atom is 0.323 e. The van der Waals surface area contributed by atoms with Crippen LogP contribution in [0.25, 0.3) is 33.4 Å². The lowest BCUT2D eigenvalue weighted by Gasteiger charge is -2.29. The molecule has 5 aromatic rings. The highest BCUT2D eigenvalue weighted by molar-refractivity contribution is 6.01. The van der Waals surface area contributed by atoms with Crippen LogP contribution in [-0.4, -0.2) is 82.2 Å². The molecule has 2 fully saturated rings. The Morgan fingerprint density at radius 1 is 0.872 bits per heavy atom. The van der Waals surface area contributed by atoms with Crippen molar-refractivity contribution >= 4 is 40.0 Å². The molecule has 13 heteroatoms. The van der Waals surface area contributed by atoms with Gasteiger partial charge in [0.2, 0.25) is 0 Å². The Kier molecular flexibility index (Phi) is 8.38. The zero-order valence-electron chi connectivity index (χ0n) is 25.4. The summed E-state index contributed by atoms with van der Waals surface area (Å²) in [6.45, 7) is 3.63. The number of morpholine rings is 1. The predicted octanol–water partition coefficient (Wildman–Crippen LogP) is 4.55. The number of likely N-dealkylation sites (tertiary alicyclic amines) is 1. The Labute approximate surface area is 269 Å². The fraction of sp³-hybridized carbons (Fsp3) is 0.235. The first-order chi connectivity index (χ1) is 22.9. The molecule has 0 radical (unpaired) electrons. The highest BCUT2D eigenvalue weighted by Crippen LogP contribution is 2.32. The summed E-state index contributed by atoms with van der Waals surface area (Å²) < 4.78 is 21.0. The molecule has 0 spiro atoms. The number of fused-ring (bicyclic) bond motifs is 1. The first-order valence-electron chi connectivity index (χ1n) is 15.3. The van der Waals surface area contributed by atoms with Crippen LogP contribution < -0.4 is 21.3 Å². The zero-order valence-corrected chi connectivity index (χ0v) is 25.4. The van der Waals surface area contributed by atoms with Crippen molar-refractivity contribution in [1.82, 2.24) is 24.8 Å². The molecule has 47 heavy (non-hydrogen) atoms. The van der Waals surface area contributed by atoms with Gasteiger partial charge >= 0.3 is 6.03 Å². The van der Waals surface area contributed by atoms with Crippen molar-refractivity contribution in [2.45, 2.75) is 12.5 Å². The third-order valence-electron chi connectivity index (χ3n) is 8.26. The van der Waals surface area contributed by atoms with Gasteiger partial charge in [-0.2, -0.15) is 0 Å². The van der Waals surface area contributed by atoms with Crippen molar-refractivity contribution in [3.05, 3.63) is 90.8 Å². The number of aromatic nitrogens is 4. The predicted molar refractivity (Wildman–Crippen MR) is 177 cm³/mol. The lowest BCUT2D eigenvalue weighted by atomic mass is 10.1. The van der Waals surface area contributed by atoms with Crippen LogP contribution in [-0.2, 0) is 4.74 Å². The maximum absolute atomic E-state index is 15.4. The van der Waals surface area contributed by atoms with Crippen LogP contribution in [0.15, 0.2) is 79.4 Å². The second kappa shape index (κ2) is 13.1. The molecule has 2 aliphatic heterocycles. The monoisotopic (exact) mass is 633 g/mol. The smallest absolute Gasteiger partial charge is 0.323 e. The van der Waals surface area contributed by atoms with E-state index < -0.39 is 11.8 Å². The number of benzene rings is 3. The number of hydrogen-bond donors (Lipinski definition) is 3. The minimum absolute atomic E-state index is 0.00485. The third-order valence-corrected chi connectivity index (χ3v) is 8.26. The molecule has 2 aromatic heterocycles. The van der Waals surface area contributed by atoms with Gasteiger partial charge in [0.25, 0.3) is 5.91 Å². The second-order valence-electron chi connectivity index (χ2n) is 11.5. The van der Waals surface area contributed by atoms with Gasteiger partial charge in [0.15, 0.2) is 5.82 Å². The average Bonchev–Trinajstić information content (AvgIpc) is 3.55. The summed E-state index contributed by atoms with van der Waals surface area (Å²) in [5.41, 5.74) is 9.75. The van der Waals surface area contributed by atoms with E-state index in [2.05, 4.69) is 25.5 Å². The molecule has 4 N–H and O–H groups in total. The molecule has 0 aliphatic carbocycles. The van der Waals surface area contributed by atoms with Gasteiger partial charge in [0, 0.05) is 72.4 Å². The van der Waals surface area contributed by atoms with Crippen LogP contribution in [0.5, 0.6) is 0 Å². The van der Waals surface area contributed by atoms with Gasteiger partial charge in [-0.3, -0.25) is 4.79 Å². The first-order valence-corrected chi connectivity index (χ1v) is 15.3. The molecular weight excluding hydrogens is 601 g/mol. The Morgan fingerprint density at radius 3 is 2.36 bits per heavy atom. The van der Waals surface area contributed by atoms with E-state index in [-0.39, 0.29) is 17.6 Å². The number of carbonyl (C=O) groups is 2. The van der Waals surface area contributed by atoms with E-state index in [0.29, 0.717) is 67.5 Å². The summed E-state index contributed by atoms with van der Waals surface area (Å²) in [5.74, 6) is 0.341. The van der Waals surface area contributed by atoms with Crippen LogP contribution >= 0.6 is 0 Å². The molecule has 0 bridgehead atoms. The van der Waals surface area contributed by atoms with Crippen LogP contribution in [0.2, 0.25) is 0 Å². The zero-order chi connectivity index (χ0) is 32.3. The fourth-order valence-electron chi connectivity index (χ4n) is 5.78. The van der Waals surface area contributed by atoms with Gasteiger partial charge in [-0.25, -0.2) is 29.1 Å². The topological polar surface area (TPSA) is 151 Å². The van der Waals surface area contributed by atoms with Crippen molar-refractivity contribution in [1.29, 1.82) is 0 Å². The Hall–Kier alpha value is -5.53. The van der Waals surface area contributed by atoms with E-state index >= 15 is 4.39 Å². The number of halogens is 1. The van der Waals surface area contributed by atoms with Crippen molar-refractivity contribution < 1.29 is 18.7 Å². The highest BCUT2D eigenvalue weighted by atomic mass is 19.1. The van der Waals surface area contributed by atoms with Crippen LogP contribution in [0.3, 0.4) is 0 Å². The van der Waals surface area contributed by atoms with E-state index in [1.807, 2.05) is 18.2 Å². The molecule has 0 unspecified atom stereocenters. The average molecular weight is 634 g/mol. The van der Waals surface area contributed by atoms with E-state index in [4.69, 9.17) is 20.4 Å². The normalized spacial score (nSPS) is 16.3. The summed E-state index contributed by atoms with van der Waals surface area (Å²) in [7, 11) is 0. The van der Waals surface area contributed by atoms with Crippen molar-refractivity contribution in [3.8, 4) is 22.5 Å². The number of amides is 3. The third kappa shape index (κ3) is 6.57. The molecule has 238 valence electrons. The number of urea groups is 1. The Balaban J connectivity index is 1.10. The van der Waals surface area contributed by atoms with E-state index in [1.54, 1.807) is 47.6 Å². The summed E-state index contributed by atoms with van der Waals surface area (Å²) >= 11 is 0. The Morgan fingerprint density at radius 2 is 1.64 bits per heavy atom. The number of carbonyl (C=O) groups excluding carboxylic acids is 2. The van der Waals surface area contributed by atoms with E-state index in [1.165, 1.54) is 18.5 Å². The summed E-state index contributed by atoms with van der Waals surface area (Å²) in [6.07, 6.45) is 5.72. The quantitative estimate of drug-likeness (QED) is 0.245. The molecule has 7 rings (SSSR count). The number of nitrogens with two attached hydrogens (primary N) is 1. The molecule has 3 amide bonds. The minimum Gasteiger partial charge on any atom is -0.378 e. The van der Waals surface area contributed by atoms with Crippen molar-refractivity contribution in [2.24, 2.45) is 5.73 Å². The van der Waals surface area contributed by atoms with Gasteiger partial charge in [0.1, 0.15) is 18.0 Å². The number of ether oxygens (including phenoxy) is 1. The molecule has 2 aliphatic rings. The van der Waals surface area contributed by atoms with Gasteiger partial charge in [-0.15, -0.1) is 0 Å². The molecule has 4 heterocycles. The van der Waals surface area contributed by atoms with Crippen molar-refractivity contribution in [3.63, 3.8) is 0 Å². The lowest BCUT2D eigenvalue weighted by Crippen LogP contribution is -2.37. The lowest BCUT2D eigenvalue weighted by molar-refractivity contribution is 0.0791. The number of anilines is 3. The molecule has 1 atom stereocenters. The summed E-state index contributed by atoms with van der Waals surface area (Å²) in [6, 6.07) is 16.3. The van der Waals surface area contributed by atoms with E-state index in [9.17, 15) is 9.59 Å². The summed E-state index contributed by atoms with van der Waals surface area (Å²) in [4.78, 5) is 47.2. The van der Waals surface area contributed by atoms with Crippen LogP contribution in [0.4, 0.5) is 26.4 Å². The van der Waals surface area contributed by atoms with Gasteiger partial charge in [-0.05, 0) is 66.6 Å². The molecule has 3 aromatic carbocycles. The number of nitrogens with one attached hydrogen (secondary N) is 2. The number of rotatable bonds is 6. The minimum atomic E-state index is -0.644. The van der Waals surface area contributed by atoms with Crippen molar-refractivity contribution in [2.75, 3.05) is 54.9 Å². The van der Waals surface area contributed by atoms with Gasteiger partial charge in [0.05, 0.1) is 24.4 Å². The first kappa shape index (κ1) is 30.1. The standard InChI is InChI=1S/C34H32FN9O3/c35-28-15-23(4-8-29(28)41-34(46)39-26-5-1-21(2-6-26)33(45)44-10-9-25(36)19-44)31-40-30-16-22(24-17-37-20-38-18-24)3-7-27(30)32(42-31)43-11-13-47-14-12-43/h1-8,15-18,20,25H,9-14,19,36H2,(H2,39,41,46)/t25-/m1/s1. The molecular formula is C34H32FN9O3. The summed E-state index contributed by atoms with van der Waals surface area (Å²) in [5, 5.41) is 6.10. The largest absolute Gasteiger partial charge is 0.378 e. The molecule has 2 saturated heterocycles. The maximum atomic E-state index is 15.4. The van der Waals surface area contributed by atoms with Crippen LogP contribution in [0, 0.1) is 5.82 Å². The number of hydrogen-bond acceptors (Lipinski definition) is 9. The Bertz CT molecular complexity index is 1940. The van der Waals surface area contributed by atoms with Crippen LogP contribution in [0.1, 0.15) is 16.8 Å². The molecule has 0 saturated carbocycles. The SMILES string of the molecule is N[C@@H]1CCN(C(=O)c2ccc(NC(=O)Nc3ccc(-c4nc(N5CCOCC5)c5ccc(-c6cncnc6)cc5n4)cc3F)cc2)C1. The fourth-order valence-corrected chi connectivity index (χ4v) is 5.78. The van der Waals surface area contributed by atoms with Gasteiger partial charge in [-0.1, -0.05) is 6.07 Å². The molecule has 12 nitrogen and oxygen atoms in total. The second-order valence-corrected chi connectivity index (χ2v) is 11.5.